The van der Waals surface area contributed by atoms with Gasteiger partial charge >= 0.3 is 0 Å². The lowest BCUT2D eigenvalue weighted by atomic mass is 10.1. The number of hydrogen-bond acceptors (Lipinski definition) is 3. The minimum Gasteiger partial charge on any atom is -0.328 e. The summed E-state index contributed by atoms with van der Waals surface area (Å²) in [5.74, 6) is -2.35. The zero-order valence-corrected chi connectivity index (χ0v) is 10.5. The van der Waals surface area contributed by atoms with E-state index in [0.29, 0.717) is 0 Å². The quantitative estimate of drug-likeness (QED) is 0.870. The number of anilines is 1. The number of carbonyl (C=O) groups is 1. The molecule has 4 nitrogen and oxygen atoms in total. The zero-order valence-electron chi connectivity index (χ0n) is 10.5. The van der Waals surface area contributed by atoms with Gasteiger partial charge in [-0.1, -0.05) is 6.07 Å². The van der Waals surface area contributed by atoms with E-state index in [9.17, 15) is 13.6 Å². The van der Waals surface area contributed by atoms with Crippen LogP contribution in [0.5, 0.6) is 0 Å². The molecule has 0 aliphatic carbocycles. The second-order valence-electron chi connectivity index (χ2n) is 4.76. The standard InChI is InChI=1S/C13H17F2N3O/c14-10-2-1-3-11(13(10)15)17-12(19)8-18-6-4-9(16)5-7-18/h1-3,9H,4-8,16H2,(H,17,19). The highest BCUT2D eigenvalue weighted by molar-refractivity contribution is 5.92. The molecule has 0 unspecified atom stereocenters. The van der Waals surface area contributed by atoms with Crippen LogP contribution in [0.2, 0.25) is 0 Å². The van der Waals surface area contributed by atoms with Gasteiger partial charge in [-0.15, -0.1) is 0 Å². The lowest BCUT2D eigenvalue weighted by molar-refractivity contribution is -0.117. The van der Waals surface area contributed by atoms with E-state index in [4.69, 9.17) is 5.73 Å². The molecule has 1 aliphatic heterocycles. The molecule has 0 aromatic heterocycles. The number of nitrogens with one attached hydrogen (secondary N) is 1. The number of carbonyl (C=O) groups excluding carboxylic acids is 1. The third-order valence-corrected chi connectivity index (χ3v) is 3.23. The second-order valence-corrected chi connectivity index (χ2v) is 4.76. The van der Waals surface area contributed by atoms with Crippen LogP contribution in [0.25, 0.3) is 0 Å². The third-order valence-electron chi connectivity index (χ3n) is 3.23. The van der Waals surface area contributed by atoms with E-state index in [1.54, 1.807) is 0 Å². The summed E-state index contributed by atoms with van der Waals surface area (Å²) in [6, 6.07) is 3.90. The van der Waals surface area contributed by atoms with Gasteiger partial charge in [-0.2, -0.15) is 0 Å². The maximum Gasteiger partial charge on any atom is 0.238 e. The number of nitrogens with two attached hydrogens (primary N) is 1. The van der Waals surface area contributed by atoms with E-state index in [1.165, 1.54) is 12.1 Å². The molecule has 6 heteroatoms. The summed E-state index contributed by atoms with van der Waals surface area (Å²) >= 11 is 0. The Balaban J connectivity index is 1.89. The number of nitrogens with zero attached hydrogens (tertiary/aromatic N) is 1. The Hall–Kier alpha value is -1.53. The molecule has 0 radical (unpaired) electrons. The van der Waals surface area contributed by atoms with Crippen molar-refractivity contribution in [3.63, 3.8) is 0 Å². The van der Waals surface area contributed by atoms with E-state index < -0.39 is 11.6 Å². The molecule has 1 heterocycles. The van der Waals surface area contributed by atoms with Crippen LogP contribution in [-0.2, 0) is 4.79 Å². The molecule has 0 atom stereocenters. The Morgan fingerprint density at radius 3 is 2.74 bits per heavy atom. The van der Waals surface area contributed by atoms with Gasteiger partial charge in [0.1, 0.15) is 0 Å². The van der Waals surface area contributed by atoms with Crippen LogP contribution in [0, 0.1) is 11.6 Å². The first kappa shape index (κ1) is 13.9. The summed E-state index contributed by atoms with van der Waals surface area (Å²) in [6.07, 6.45) is 1.70. The monoisotopic (exact) mass is 269 g/mol. The van der Waals surface area contributed by atoms with Crippen LogP contribution in [-0.4, -0.2) is 36.5 Å². The van der Waals surface area contributed by atoms with Gasteiger partial charge < -0.3 is 11.1 Å². The summed E-state index contributed by atoms with van der Waals surface area (Å²) < 4.78 is 26.4. The van der Waals surface area contributed by atoms with Crippen LogP contribution in [0.1, 0.15) is 12.8 Å². The van der Waals surface area contributed by atoms with Crippen molar-refractivity contribution in [2.45, 2.75) is 18.9 Å². The third kappa shape index (κ3) is 3.71. The van der Waals surface area contributed by atoms with E-state index in [0.717, 1.165) is 32.0 Å². The number of benzene rings is 1. The fourth-order valence-corrected chi connectivity index (χ4v) is 2.10. The Bertz CT molecular complexity index is 459. The molecule has 0 bridgehead atoms. The molecule has 3 N–H and O–H groups in total. The zero-order chi connectivity index (χ0) is 13.8. The highest BCUT2D eigenvalue weighted by atomic mass is 19.2. The molecule has 104 valence electrons. The Morgan fingerprint density at radius 1 is 1.37 bits per heavy atom. The largest absolute Gasteiger partial charge is 0.328 e. The summed E-state index contributed by atoms with van der Waals surface area (Å²) in [5, 5.41) is 2.38. The van der Waals surface area contributed by atoms with Crippen molar-refractivity contribution in [2.24, 2.45) is 5.73 Å². The number of rotatable bonds is 3. The van der Waals surface area contributed by atoms with Crippen molar-refractivity contribution >= 4 is 11.6 Å². The van der Waals surface area contributed by atoms with Crippen molar-refractivity contribution in [3.8, 4) is 0 Å². The molecule has 19 heavy (non-hydrogen) atoms. The predicted molar refractivity (Wildman–Crippen MR) is 68.6 cm³/mol. The number of likely N-dealkylation sites (tertiary alicyclic amines) is 1. The average molecular weight is 269 g/mol. The van der Waals surface area contributed by atoms with Gasteiger partial charge in [-0.3, -0.25) is 9.69 Å². The molecule has 1 saturated heterocycles. The fraction of sp³-hybridized carbons (Fsp3) is 0.462. The lowest BCUT2D eigenvalue weighted by Gasteiger charge is -2.29. The maximum absolute atomic E-state index is 13.4. The molecule has 1 amide bonds. The van der Waals surface area contributed by atoms with Crippen molar-refractivity contribution in [1.29, 1.82) is 0 Å². The predicted octanol–water partition coefficient (Wildman–Crippen LogP) is 1.33. The summed E-state index contributed by atoms with van der Waals surface area (Å²) in [4.78, 5) is 13.7. The molecule has 0 spiro atoms. The Labute approximate surface area is 110 Å². The van der Waals surface area contributed by atoms with Crippen LogP contribution in [0.3, 0.4) is 0 Å². The van der Waals surface area contributed by atoms with Gasteiger partial charge in [-0.05, 0) is 25.0 Å². The van der Waals surface area contributed by atoms with Crippen molar-refractivity contribution in [1.82, 2.24) is 4.90 Å². The molecule has 1 aromatic carbocycles. The number of hydrogen-bond donors (Lipinski definition) is 2. The average Bonchev–Trinajstić information content (AvgIpc) is 2.38. The molecule has 1 aromatic rings. The molecular formula is C13H17F2N3O. The molecule has 1 aliphatic rings. The van der Waals surface area contributed by atoms with Crippen LogP contribution in [0.15, 0.2) is 18.2 Å². The van der Waals surface area contributed by atoms with E-state index in [-0.39, 0.29) is 24.2 Å². The van der Waals surface area contributed by atoms with Gasteiger partial charge in [0.2, 0.25) is 5.91 Å². The first-order chi connectivity index (χ1) is 9.06. The minimum absolute atomic E-state index is 0.126. The van der Waals surface area contributed by atoms with Crippen LogP contribution >= 0.6 is 0 Å². The van der Waals surface area contributed by atoms with E-state index in [2.05, 4.69) is 5.32 Å². The van der Waals surface area contributed by atoms with Crippen molar-refractivity contribution in [2.75, 3.05) is 25.0 Å². The second kappa shape index (κ2) is 6.08. The Morgan fingerprint density at radius 2 is 2.05 bits per heavy atom. The molecule has 1 fully saturated rings. The topological polar surface area (TPSA) is 58.4 Å². The van der Waals surface area contributed by atoms with Crippen molar-refractivity contribution in [3.05, 3.63) is 29.8 Å². The minimum atomic E-state index is -1.03. The molecule has 2 rings (SSSR count). The Kier molecular flexibility index (Phi) is 4.44. The van der Waals surface area contributed by atoms with Gasteiger partial charge in [0.05, 0.1) is 12.2 Å². The van der Waals surface area contributed by atoms with Gasteiger partial charge in [0, 0.05) is 19.1 Å². The normalized spacial score (nSPS) is 17.4. The lowest BCUT2D eigenvalue weighted by Crippen LogP contribution is -2.43. The van der Waals surface area contributed by atoms with Crippen molar-refractivity contribution < 1.29 is 13.6 Å². The summed E-state index contributed by atoms with van der Waals surface area (Å²) in [7, 11) is 0. The number of halogens is 2. The first-order valence-corrected chi connectivity index (χ1v) is 6.28. The smallest absolute Gasteiger partial charge is 0.238 e. The van der Waals surface area contributed by atoms with Crippen LogP contribution < -0.4 is 11.1 Å². The highest BCUT2D eigenvalue weighted by Crippen LogP contribution is 2.16. The summed E-state index contributed by atoms with van der Waals surface area (Å²) in [5.41, 5.74) is 5.64. The van der Waals surface area contributed by atoms with Crippen LogP contribution in [0.4, 0.5) is 14.5 Å². The SMILES string of the molecule is NC1CCN(CC(=O)Nc2cccc(F)c2F)CC1. The van der Waals surface area contributed by atoms with Gasteiger partial charge in [-0.25, -0.2) is 8.78 Å². The first-order valence-electron chi connectivity index (χ1n) is 6.28. The van der Waals surface area contributed by atoms with Gasteiger partial charge in [0.15, 0.2) is 11.6 Å². The highest BCUT2D eigenvalue weighted by Gasteiger charge is 2.19. The van der Waals surface area contributed by atoms with E-state index >= 15 is 0 Å². The van der Waals surface area contributed by atoms with Gasteiger partial charge in [0.25, 0.3) is 0 Å². The summed E-state index contributed by atoms with van der Waals surface area (Å²) in [6.45, 7) is 1.67. The fourth-order valence-electron chi connectivity index (χ4n) is 2.10. The number of amides is 1. The maximum atomic E-state index is 13.4. The van der Waals surface area contributed by atoms with E-state index in [1.807, 2.05) is 4.90 Å². The number of piperidine rings is 1. The molecule has 0 saturated carbocycles. The molecular weight excluding hydrogens is 252 g/mol.